The molecule has 2 amide bonds. The molecule has 2 aliphatic rings. The van der Waals surface area contributed by atoms with Crippen molar-refractivity contribution in [2.24, 2.45) is 4.99 Å². The van der Waals surface area contributed by atoms with Crippen LogP contribution in [0.15, 0.2) is 41.7 Å². The second-order valence-corrected chi connectivity index (χ2v) is 4.96. The van der Waals surface area contributed by atoms with Gasteiger partial charge in [0.1, 0.15) is 0 Å². The van der Waals surface area contributed by atoms with Gasteiger partial charge < -0.3 is 10.1 Å². The van der Waals surface area contributed by atoms with Gasteiger partial charge in [-0.1, -0.05) is 0 Å². The molecule has 0 saturated carbocycles. The molecule has 2 aliphatic heterocycles. The summed E-state index contributed by atoms with van der Waals surface area (Å²) >= 11 is 0. The number of ether oxygens (including phenoxy) is 1. The smallest absolute Gasteiger partial charge is 0.366 e. The van der Waals surface area contributed by atoms with Crippen molar-refractivity contribution >= 4 is 29.3 Å². The largest absolute Gasteiger partial charge is 0.400 e. The van der Waals surface area contributed by atoms with Crippen molar-refractivity contribution in [3.05, 3.63) is 48.0 Å². The van der Waals surface area contributed by atoms with Crippen molar-refractivity contribution in [1.29, 1.82) is 0 Å². The Morgan fingerprint density at radius 3 is 2.52 bits per heavy atom. The molecule has 1 aromatic heterocycles. The predicted molar refractivity (Wildman–Crippen MR) is 80.8 cm³/mol. The van der Waals surface area contributed by atoms with Crippen molar-refractivity contribution in [3.63, 3.8) is 0 Å². The van der Waals surface area contributed by atoms with Crippen LogP contribution in [0.3, 0.4) is 0 Å². The predicted octanol–water partition coefficient (Wildman–Crippen LogP) is 1.25. The van der Waals surface area contributed by atoms with Gasteiger partial charge in [0.15, 0.2) is 11.4 Å². The molecule has 0 aliphatic carbocycles. The molecule has 8 nitrogen and oxygen atoms in total. The maximum atomic E-state index is 11.7. The van der Waals surface area contributed by atoms with E-state index >= 15 is 0 Å². The van der Waals surface area contributed by atoms with Crippen molar-refractivity contribution < 1.29 is 14.3 Å². The number of carbonyl (C=O) groups excluding carboxylic acids is 2. The highest BCUT2D eigenvalue weighted by molar-refractivity contribution is 6.15. The zero-order valence-corrected chi connectivity index (χ0v) is 11.9. The number of nitrogens with zero attached hydrogens (tertiary/aromatic N) is 4. The Morgan fingerprint density at radius 2 is 1.83 bits per heavy atom. The number of fused-ring (bicyclic) bond motifs is 1. The minimum Gasteiger partial charge on any atom is -0.400 e. The number of urea groups is 1. The van der Waals surface area contributed by atoms with E-state index in [9.17, 15) is 9.59 Å². The van der Waals surface area contributed by atoms with Crippen LogP contribution in [0.5, 0.6) is 0 Å². The Bertz CT molecular complexity index is 831. The summed E-state index contributed by atoms with van der Waals surface area (Å²) in [6.07, 6.45) is 2.91. The van der Waals surface area contributed by atoms with E-state index < -0.39 is 5.97 Å². The first kappa shape index (κ1) is 13.4. The first-order valence-electron chi connectivity index (χ1n) is 7.00. The number of hydrogen-bond acceptors (Lipinski definition) is 6. The number of anilines is 1. The number of aliphatic imine (C=N–C) groups is 1. The van der Waals surface area contributed by atoms with Crippen LogP contribution < -0.4 is 10.2 Å². The fraction of sp³-hybridized carbons (Fsp3) is 0.133. The molecule has 3 heterocycles. The van der Waals surface area contributed by atoms with Crippen molar-refractivity contribution in [2.75, 3.05) is 18.0 Å². The molecule has 1 aromatic carbocycles. The topological polar surface area (TPSA) is 96.8 Å². The number of amides is 2. The second kappa shape index (κ2) is 5.16. The van der Waals surface area contributed by atoms with Gasteiger partial charge in [-0.3, -0.25) is 4.90 Å². The average molecular weight is 309 g/mol. The molecule has 0 unspecified atom stereocenters. The summed E-state index contributed by atoms with van der Waals surface area (Å²) in [5, 5.41) is 2.74. The molecule has 1 fully saturated rings. The zero-order chi connectivity index (χ0) is 15.8. The summed E-state index contributed by atoms with van der Waals surface area (Å²) < 4.78 is 5.09. The minimum atomic E-state index is -0.558. The lowest BCUT2D eigenvalue weighted by atomic mass is 10.2. The summed E-state index contributed by atoms with van der Waals surface area (Å²) in [7, 11) is 0. The Morgan fingerprint density at radius 1 is 1.09 bits per heavy atom. The molecular weight excluding hydrogens is 298 g/mol. The monoisotopic (exact) mass is 309 g/mol. The number of nitrogens with one attached hydrogen (secondary N) is 1. The summed E-state index contributed by atoms with van der Waals surface area (Å²) in [6.45, 7) is 1.27. The first-order chi connectivity index (χ1) is 11.2. The molecule has 2 aromatic rings. The maximum absolute atomic E-state index is 11.7. The van der Waals surface area contributed by atoms with E-state index in [1.165, 1.54) is 12.4 Å². The van der Waals surface area contributed by atoms with Gasteiger partial charge in [-0.05, 0) is 24.3 Å². The number of cyclic esters (lactones) is 1. The van der Waals surface area contributed by atoms with Gasteiger partial charge in [-0.25, -0.2) is 24.5 Å². The van der Waals surface area contributed by atoms with E-state index in [-0.39, 0.29) is 17.6 Å². The van der Waals surface area contributed by atoms with Gasteiger partial charge in [0, 0.05) is 31.2 Å². The third-order valence-corrected chi connectivity index (χ3v) is 3.53. The van der Waals surface area contributed by atoms with E-state index in [4.69, 9.17) is 4.74 Å². The van der Waals surface area contributed by atoms with Crippen molar-refractivity contribution in [2.45, 2.75) is 0 Å². The molecule has 8 heteroatoms. The second-order valence-electron chi connectivity index (χ2n) is 4.96. The Kier molecular flexibility index (Phi) is 3.00. The van der Waals surface area contributed by atoms with Crippen LogP contribution in [-0.4, -0.2) is 41.0 Å². The van der Waals surface area contributed by atoms with E-state index in [0.717, 1.165) is 5.69 Å². The molecule has 4 rings (SSSR count). The standard InChI is InChI=1S/C15H11N5O3/c21-14-12-11(16-5-6-17-12)13(23-14)19-9-1-3-10(4-2-9)20-8-7-18-15(20)22/h1-6H,7-8H2,(H,18,22). The number of carbonyl (C=O) groups is 2. The fourth-order valence-corrected chi connectivity index (χ4v) is 2.45. The van der Waals surface area contributed by atoms with Crippen LogP contribution in [0.1, 0.15) is 16.2 Å². The first-order valence-corrected chi connectivity index (χ1v) is 7.00. The SMILES string of the molecule is O=C1OC(=Nc2ccc(N3CCNC3=O)cc2)c2nccnc21. The maximum Gasteiger partial charge on any atom is 0.366 e. The van der Waals surface area contributed by atoms with Gasteiger partial charge in [0.25, 0.3) is 5.90 Å². The van der Waals surface area contributed by atoms with E-state index in [1.54, 1.807) is 29.2 Å². The van der Waals surface area contributed by atoms with Gasteiger partial charge in [0.2, 0.25) is 0 Å². The van der Waals surface area contributed by atoms with E-state index in [0.29, 0.717) is 24.5 Å². The summed E-state index contributed by atoms with van der Waals surface area (Å²) in [6, 6.07) is 6.96. The highest BCUT2D eigenvalue weighted by Crippen LogP contribution is 2.24. The lowest BCUT2D eigenvalue weighted by Crippen LogP contribution is -2.27. The normalized spacial score (nSPS) is 18.1. The van der Waals surface area contributed by atoms with Gasteiger partial charge >= 0.3 is 12.0 Å². The summed E-state index contributed by atoms with van der Waals surface area (Å²) in [5.74, 6) is -0.429. The fourth-order valence-electron chi connectivity index (χ4n) is 2.45. The lowest BCUT2D eigenvalue weighted by molar-refractivity contribution is 0.0732. The van der Waals surface area contributed by atoms with E-state index in [1.807, 2.05) is 0 Å². The highest BCUT2D eigenvalue weighted by atomic mass is 16.5. The molecule has 1 saturated heterocycles. The molecule has 23 heavy (non-hydrogen) atoms. The molecule has 0 bridgehead atoms. The van der Waals surface area contributed by atoms with Crippen LogP contribution in [0.25, 0.3) is 0 Å². The van der Waals surface area contributed by atoms with Crippen molar-refractivity contribution in [3.8, 4) is 0 Å². The van der Waals surface area contributed by atoms with Crippen molar-refractivity contribution in [1.82, 2.24) is 15.3 Å². The average Bonchev–Trinajstić information content (AvgIpc) is 3.13. The molecule has 0 atom stereocenters. The number of rotatable bonds is 2. The van der Waals surface area contributed by atoms with Crippen LogP contribution in [0.4, 0.5) is 16.2 Å². The lowest BCUT2D eigenvalue weighted by Gasteiger charge is -2.13. The third-order valence-electron chi connectivity index (χ3n) is 3.53. The van der Waals surface area contributed by atoms with Crippen LogP contribution >= 0.6 is 0 Å². The minimum absolute atomic E-state index is 0.113. The van der Waals surface area contributed by atoms with Crippen LogP contribution in [0.2, 0.25) is 0 Å². The quantitative estimate of drug-likeness (QED) is 0.842. The summed E-state index contributed by atoms with van der Waals surface area (Å²) in [4.78, 5) is 37.3. The third kappa shape index (κ3) is 2.30. The van der Waals surface area contributed by atoms with Gasteiger partial charge in [0.05, 0.1) is 5.69 Å². The summed E-state index contributed by atoms with van der Waals surface area (Å²) in [5.41, 5.74) is 1.87. The molecule has 1 N–H and O–H groups in total. The Labute approximate surface area is 130 Å². The van der Waals surface area contributed by atoms with Crippen LogP contribution in [-0.2, 0) is 4.74 Å². The number of benzene rings is 1. The van der Waals surface area contributed by atoms with Gasteiger partial charge in [-0.2, -0.15) is 0 Å². The number of aromatic nitrogens is 2. The zero-order valence-electron chi connectivity index (χ0n) is 11.9. The van der Waals surface area contributed by atoms with Gasteiger partial charge in [-0.15, -0.1) is 0 Å². The molecule has 0 radical (unpaired) electrons. The molecule has 114 valence electrons. The molecule has 0 spiro atoms. The Balaban J connectivity index is 1.63. The number of esters is 1. The molecular formula is C15H11N5O3. The van der Waals surface area contributed by atoms with Crippen LogP contribution in [0, 0.1) is 0 Å². The highest BCUT2D eigenvalue weighted by Gasteiger charge is 2.30. The Hall–Kier alpha value is -3.29. The van der Waals surface area contributed by atoms with E-state index in [2.05, 4.69) is 20.3 Å². The number of hydrogen-bond donors (Lipinski definition) is 1.